The van der Waals surface area contributed by atoms with Crippen LogP contribution in [0, 0.1) is 5.92 Å². The van der Waals surface area contributed by atoms with Crippen LogP contribution in [0.2, 0.25) is 0 Å². The van der Waals surface area contributed by atoms with Gasteiger partial charge in [0, 0.05) is 19.1 Å². The number of likely N-dealkylation sites (tertiary alicyclic amines) is 1. The average Bonchev–Trinajstić information content (AvgIpc) is 2.80. The SMILES string of the molecule is CC(C)[C@H](N)C(=O)N1CCC[C@H]1CNC(=O)OC(C)(C)C. The van der Waals surface area contributed by atoms with Crippen molar-refractivity contribution < 1.29 is 14.3 Å². The highest BCUT2D eigenvalue weighted by Crippen LogP contribution is 2.19. The Balaban J connectivity index is 2.51. The molecule has 1 aliphatic rings. The molecule has 0 aliphatic carbocycles. The highest BCUT2D eigenvalue weighted by Gasteiger charge is 2.33. The van der Waals surface area contributed by atoms with Crippen molar-refractivity contribution in [1.82, 2.24) is 10.2 Å². The minimum absolute atomic E-state index is 0.00909. The third-order valence-corrected chi connectivity index (χ3v) is 3.54. The first kappa shape index (κ1) is 17.8. The van der Waals surface area contributed by atoms with Crippen molar-refractivity contribution in [1.29, 1.82) is 0 Å². The summed E-state index contributed by atoms with van der Waals surface area (Å²) in [5.41, 5.74) is 5.42. The first-order valence-corrected chi connectivity index (χ1v) is 7.64. The summed E-state index contributed by atoms with van der Waals surface area (Å²) in [6.07, 6.45) is 1.37. The van der Waals surface area contributed by atoms with Gasteiger partial charge in [-0.3, -0.25) is 4.79 Å². The van der Waals surface area contributed by atoms with E-state index in [9.17, 15) is 9.59 Å². The van der Waals surface area contributed by atoms with Crippen LogP contribution < -0.4 is 11.1 Å². The largest absolute Gasteiger partial charge is 0.444 e. The predicted molar refractivity (Wildman–Crippen MR) is 81.8 cm³/mol. The molecule has 21 heavy (non-hydrogen) atoms. The molecule has 1 fully saturated rings. The van der Waals surface area contributed by atoms with Gasteiger partial charge in [0.25, 0.3) is 0 Å². The van der Waals surface area contributed by atoms with Crippen LogP contribution >= 0.6 is 0 Å². The van der Waals surface area contributed by atoms with Gasteiger partial charge in [0.1, 0.15) is 5.60 Å². The first-order chi connectivity index (χ1) is 9.61. The van der Waals surface area contributed by atoms with Gasteiger partial charge in [-0.15, -0.1) is 0 Å². The van der Waals surface area contributed by atoms with Gasteiger partial charge >= 0.3 is 6.09 Å². The van der Waals surface area contributed by atoms with Crippen LogP contribution in [0.1, 0.15) is 47.5 Å². The summed E-state index contributed by atoms with van der Waals surface area (Å²) in [5.74, 6) is 0.0797. The molecular weight excluding hydrogens is 270 g/mol. The topological polar surface area (TPSA) is 84.7 Å². The summed E-state index contributed by atoms with van der Waals surface area (Å²) >= 11 is 0. The Bertz CT molecular complexity index is 377. The molecule has 0 bridgehead atoms. The van der Waals surface area contributed by atoms with E-state index >= 15 is 0 Å². The van der Waals surface area contributed by atoms with Crippen LogP contribution in [-0.4, -0.2) is 47.7 Å². The average molecular weight is 299 g/mol. The first-order valence-electron chi connectivity index (χ1n) is 7.64. The van der Waals surface area contributed by atoms with E-state index in [1.165, 1.54) is 0 Å². The number of nitrogens with zero attached hydrogens (tertiary/aromatic N) is 1. The molecule has 1 saturated heterocycles. The number of nitrogens with two attached hydrogens (primary N) is 1. The number of amides is 2. The van der Waals surface area contributed by atoms with Gasteiger partial charge in [-0.25, -0.2) is 4.79 Å². The molecule has 0 unspecified atom stereocenters. The number of hydrogen-bond acceptors (Lipinski definition) is 4. The van der Waals surface area contributed by atoms with Crippen LogP contribution in [0.25, 0.3) is 0 Å². The Labute approximate surface area is 127 Å². The molecule has 0 spiro atoms. The highest BCUT2D eigenvalue weighted by molar-refractivity contribution is 5.82. The monoisotopic (exact) mass is 299 g/mol. The Hall–Kier alpha value is -1.30. The van der Waals surface area contributed by atoms with Crippen molar-refractivity contribution in [2.24, 2.45) is 11.7 Å². The fraction of sp³-hybridized carbons (Fsp3) is 0.867. The maximum atomic E-state index is 12.3. The molecule has 1 rings (SSSR count). The summed E-state index contributed by atoms with van der Waals surface area (Å²) in [4.78, 5) is 25.8. The van der Waals surface area contributed by atoms with E-state index in [1.807, 2.05) is 34.6 Å². The number of hydrogen-bond donors (Lipinski definition) is 2. The maximum Gasteiger partial charge on any atom is 0.407 e. The molecule has 0 saturated carbocycles. The number of rotatable bonds is 4. The predicted octanol–water partition coefficient (Wildman–Crippen LogP) is 1.49. The smallest absolute Gasteiger partial charge is 0.407 e. The second-order valence-corrected chi connectivity index (χ2v) is 6.98. The number of carbonyl (C=O) groups is 2. The van der Waals surface area contributed by atoms with Crippen molar-refractivity contribution in [2.45, 2.75) is 65.1 Å². The van der Waals surface area contributed by atoms with Crippen LogP contribution in [0.4, 0.5) is 4.79 Å². The second kappa shape index (κ2) is 7.11. The lowest BCUT2D eigenvalue weighted by Crippen LogP contribution is -2.51. The number of ether oxygens (including phenoxy) is 1. The molecule has 1 aliphatic heterocycles. The third kappa shape index (κ3) is 5.53. The van der Waals surface area contributed by atoms with Gasteiger partial charge in [0.2, 0.25) is 5.91 Å². The van der Waals surface area contributed by atoms with E-state index in [-0.39, 0.29) is 17.9 Å². The van der Waals surface area contributed by atoms with Crippen LogP contribution in [0.5, 0.6) is 0 Å². The van der Waals surface area contributed by atoms with Crippen molar-refractivity contribution >= 4 is 12.0 Å². The van der Waals surface area contributed by atoms with Crippen molar-refractivity contribution in [3.8, 4) is 0 Å². The van der Waals surface area contributed by atoms with Gasteiger partial charge in [0.15, 0.2) is 0 Å². The molecule has 0 aromatic carbocycles. The minimum atomic E-state index is -0.519. The molecule has 0 radical (unpaired) electrons. The quantitative estimate of drug-likeness (QED) is 0.823. The van der Waals surface area contributed by atoms with Gasteiger partial charge in [-0.2, -0.15) is 0 Å². The number of nitrogens with one attached hydrogen (secondary N) is 1. The van der Waals surface area contributed by atoms with E-state index in [0.717, 1.165) is 12.8 Å². The highest BCUT2D eigenvalue weighted by atomic mass is 16.6. The van der Waals surface area contributed by atoms with Crippen LogP contribution in [0.3, 0.4) is 0 Å². The fourth-order valence-electron chi connectivity index (χ4n) is 2.33. The Morgan fingerprint density at radius 2 is 2.00 bits per heavy atom. The standard InChI is InChI=1S/C15H29N3O3/c1-10(2)12(16)13(19)18-8-6-7-11(18)9-17-14(20)21-15(3,4)5/h10-12H,6-9,16H2,1-5H3,(H,17,20)/t11-,12-/m0/s1. The molecule has 1 heterocycles. The number of alkyl carbamates (subject to hydrolysis) is 1. The molecule has 2 atom stereocenters. The molecule has 0 aromatic rings. The summed E-state index contributed by atoms with van der Waals surface area (Å²) in [6, 6.07) is -0.470. The Kier molecular flexibility index (Phi) is 6.01. The summed E-state index contributed by atoms with van der Waals surface area (Å²) in [7, 11) is 0. The van der Waals surface area contributed by atoms with Gasteiger partial charge in [0.05, 0.1) is 6.04 Å². The van der Waals surface area contributed by atoms with E-state index in [2.05, 4.69) is 5.32 Å². The summed E-state index contributed by atoms with van der Waals surface area (Å²) in [5, 5.41) is 2.74. The minimum Gasteiger partial charge on any atom is -0.444 e. The molecule has 3 N–H and O–H groups in total. The molecular formula is C15H29N3O3. The summed E-state index contributed by atoms with van der Waals surface area (Å²) in [6.45, 7) is 10.4. The summed E-state index contributed by atoms with van der Waals surface area (Å²) < 4.78 is 5.20. The normalized spacial score (nSPS) is 20.5. The third-order valence-electron chi connectivity index (χ3n) is 3.54. The lowest BCUT2D eigenvalue weighted by Gasteiger charge is -2.29. The Morgan fingerprint density at radius 3 is 2.52 bits per heavy atom. The van der Waals surface area contributed by atoms with E-state index < -0.39 is 17.7 Å². The van der Waals surface area contributed by atoms with Crippen LogP contribution in [-0.2, 0) is 9.53 Å². The fourth-order valence-corrected chi connectivity index (χ4v) is 2.33. The van der Waals surface area contributed by atoms with Gasteiger partial charge in [-0.05, 0) is 39.5 Å². The molecule has 122 valence electrons. The maximum absolute atomic E-state index is 12.3. The van der Waals surface area contributed by atoms with E-state index in [0.29, 0.717) is 13.1 Å². The van der Waals surface area contributed by atoms with Gasteiger partial charge < -0.3 is 20.7 Å². The zero-order chi connectivity index (χ0) is 16.2. The molecule has 6 heteroatoms. The molecule has 6 nitrogen and oxygen atoms in total. The lowest BCUT2D eigenvalue weighted by atomic mass is 10.0. The van der Waals surface area contributed by atoms with E-state index in [1.54, 1.807) is 4.90 Å². The van der Waals surface area contributed by atoms with Crippen molar-refractivity contribution in [3.05, 3.63) is 0 Å². The van der Waals surface area contributed by atoms with Crippen LogP contribution in [0.15, 0.2) is 0 Å². The molecule has 0 aromatic heterocycles. The van der Waals surface area contributed by atoms with Crippen molar-refractivity contribution in [3.63, 3.8) is 0 Å². The molecule has 2 amide bonds. The number of carbonyl (C=O) groups excluding carboxylic acids is 2. The zero-order valence-corrected chi connectivity index (χ0v) is 13.8. The van der Waals surface area contributed by atoms with Crippen molar-refractivity contribution in [2.75, 3.05) is 13.1 Å². The Morgan fingerprint density at radius 1 is 1.38 bits per heavy atom. The second-order valence-electron chi connectivity index (χ2n) is 6.98. The lowest BCUT2D eigenvalue weighted by molar-refractivity contribution is -0.134. The zero-order valence-electron chi connectivity index (χ0n) is 13.8. The van der Waals surface area contributed by atoms with Gasteiger partial charge in [-0.1, -0.05) is 13.8 Å². The van der Waals surface area contributed by atoms with E-state index in [4.69, 9.17) is 10.5 Å².